The van der Waals surface area contributed by atoms with E-state index < -0.39 is 0 Å². The number of benzene rings is 1. The smallest absolute Gasteiger partial charge is 0.262 e. The Balaban J connectivity index is 1.33. The molecule has 3 aromatic heterocycles. The molecule has 0 saturated heterocycles. The number of aromatic nitrogens is 3. The van der Waals surface area contributed by atoms with Crippen molar-refractivity contribution in [2.75, 3.05) is 7.05 Å². The van der Waals surface area contributed by atoms with Crippen LogP contribution in [0.5, 0.6) is 0 Å². The summed E-state index contributed by atoms with van der Waals surface area (Å²) in [6.07, 6.45) is 4.60. The Hall–Kier alpha value is -2.77. The van der Waals surface area contributed by atoms with Crippen molar-refractivity contribution in [2.45, 2.75) is 52.2 Å². The van der Waals surface area contributed by atoms with Crippen molar-refractivity contribution in [1.29, 1.82) is 0 Å². The second-order valence-corrected chi connectivity index (χ2v) is 10.2. The van der Waals surface area contributed by atoms with Gasteiger partial charge in [0.25, 0.3) is 5.56 Å². The quantitative estimate of drug-likeness (QED) is 0.426. The Bertz CT molecular complexity index is 1290. The molecule has 0 N–H and O–H groups in total. The van der Waals surface area contributed by atoms with Gasteiger partial charge in [0.05, 0.1) is 17.4 Å². The first-order valence-corrected chi connectivity index (χ1v) is 12.0. The average molecular weight is 449 g/mol. The zero-order valence-electron chi connectivity index (χ0n) is 18.7. The van der Waals surface area contributed by atoms with E-state index in [2.05, 4.69) is 35.9 Å². The van der Waals surface area contributed by atoms with Crippen molar-refractivity contribution in [2.24, 2.45) is 5.92 Å². The van der Waals surface area contributed by atoms with Gasteiger partial charge in [-0.15, -0.1) is 11.3 Å². The Morgan fingerprint density at radius 3 is 2.88 bits per heavy atom. The van der Waals surface area contributed by atoms with E-state index >= 15 is 0 Å². The van der Waals surface area contributed by atoms with E-state index in [0.29, 0.717) is 18.5 Å². The summed E-state index contributed by atoms with van der Waals surface area (Å²) in [5, 5.41) is 5.13. The number of thiophene rings is 1. The predicted molar refractivity (Wildman–Crippen MR) is 128 cm³/mol. The van der Waals surface area contributed by atoms with E-state index in [0.717, 1.165) is 53.0 Å². The van der Waals surface area contributed by atoms with Gasteiger partial charge in [-0.3, -0.25) is 14.3 Å². The first-order chi connectivity index (χ1) is 15.5. The molecule has 1 atom stereocenters. The minimum absolute atomic E-state index is 0.115. The standard InChI is InChI=1S/C25H28N4O2S/c1-16(2)13-29-15-26-24-23(25(29)30)20-10-9-19(12-22(20)32-24)28(3)14-18-11-21(31-27-18)17-7-5-4-6-8-17/h4-8,11,15-16,19H,9-10,12-14H2,1-3H3. The average Bonchev–Trinajstić information content (AvgIpc) is 3.40. The number of likely N-dealkylation sites (N-methyl/N-ethyl adjacent to an activating group) is 1. The highest BCUT2D eigenvalue weighted by molar-refractivity contribution is 7.18. The molecule has 0 aliphatic heterocycles. The van der Waals surface area contributed by atoms with E-state index in [4.69, 9.17) is 4.52 Å². The van der Waals surface area contributed by atoms with Gasteiger partial charge < -0.3 is 4.52 Å². The van der Waals surface area contributed by atoms with Crippen molar-refractivity contribution in [1.82, 2.24) is 19.6 Å². The number of fused-ring (bicyclic) bond motifs is 3. The third-order valence-electron chi connectivity index (χ3n) is 6.22. The molecule has 1 unspecified atom stereocenters. The zero-order valence-corrected chi connectivity index (χ0v) is 19.6. The van der Waals surface area contributed by atoms with Crippen LogP contribution in [0.15, 0.2) is 52.0 Å². The Labute approximate surface area is 191 Å². The molecule has 32 heavy (non-hydrogen) atoms. The van der Waals surface area contributed by atoms with Crippen LogP contribution in [0.3, 0.4) is 0 Å². The highest BCUT2D eigenvalue weighted by atomic mass is 32.1. The summed E-state index contributed by atoms with van der Waals surface area (Å²) in [6, 6.07) is 12.5. The normalized spacial score (nSPS) is 16.2. The topological polar surface area (TPSA) is 64.2 Å². The van der Waals surface area contributed by atoms with Crippen LogP contribution < -0.4 is 5.56 Å². The first kappa shape index (κ1) is 21.1. The lowest BCUT2D eigenvalue weighted by Crippen LogP contribution is -2.35. The molecule has 0 spiro atoms. The molecule has 0 bridgehead atoms. The fraction of sp³-hybridized carbons (Fsp3) is 0.400. The van der Waals surface area contributed by atoms with Crippen molar-refractivity contribution in [3.63, 3.8) is 0 Å². The Kier molecular flexibility index (Phi) is 5.69. The summed E-state index contributed by atoms with van der Waals surface area (Å²) in [5.41, 5.74) is 3.31. The van der Waals surface area contributed by atoms with Gasteiger partial charge in [-0.05, 0) is 37.8 Å². The summed E-state index contributed by atoms with van der Waals surface area (Å²) in [6.45, 7) is 5.69. The molecule has 0 fully saturated rings. The maximum atomic E-state index is 13.1. The number of aryl methyl sites for hydroxylation is 1. The van der Waals surface area contributed by atoms with Crippen LogP contribution >= 0.6 is 11.3 Å². The summed E-state index contributed by atoms with van der Waals surface area (Å²) in [4.78, 5) is 22.2. The van der Waals surface area contributed by atoms with E-state index in [1.807, 2.05) is 36.4 Å². The van der Waals surface area contributed by atoms with Gasteiger partial charge in [-0.25, -0.2) is 4.98 Å². The Morgan fingerprint density at radius 2 is 2.09 bits per heavy atom. The molecule has 166 valence electrons. The van der Waals surface area contributed by atoms with Crippen LogP contribution in [0.2, 0.25) is 0 Å². The minimum Gasteiger partial charge on any atom is -0.356 e. The van der Waals surface area contributed by atoms with Crippen molar-refractivity contribution in [3.8, 4) is 11.3 Å². The van der Waals surface area contributed by atoms with Gasteiger partial charge in [0.15, 0.2) is 5.76 Å². The molecule has 1 aliphatic carbocycles. The third-order valence-corrected chi connectivity index (χ3v) is 7.39. The Morgan fingerprint density at radius 1 is 1.28 bits per heavy atom. The van der Waals surface area contributed by atoms with Gasteiger partial charge in [0, 0.05) is 35.6 Å². The second-order valence-electron chi connectivity index (χ2n) is 9.14. The summed E-state index contributed by atoms with van der Waals surface area (Å²) >= 11 is 1.69. The van der Waals surface area contributed by atoms with E-state index in [1.54, 1.807) is 22.2 Å². The molecular formula is C25H28N4O2S. The molecule has 4 aromatic rings. The minimum atomic E-state index is 0.115. The highest BCUT2D eigenvalue weighted by Gasteiger charge is 2.28. The molecular weight excluding hydrogens is 420 g/mol. The van der Waals surface area contributed by atoms with Crippen molar-refractivity contribution >= 4 is 21.6 Å². The van der Waals surface area contributed by atoms with Crippen LogP contribution in [0.25, 0.3) is 21.5 Å². The summed E-state index contributed by atoms with van der Waals surface area (Å²) in [5.74, 6) is 1.21. The number of nitrogens with zero attached hydrogens (tertiary/aromatic N) is 4. The van der Waals surface area contributed by atoms with E-state index in [9.17, 15) is 4.79 Å². The maximum absolute atomic E-state index is 13.1. The highest BCUT2D eigenvalue weighted by Crippen LogP contribution is 2.35. The fourth-order valence-corrected chi connectivity index (χ4v) is 5.84. The molecule has 0 amide bonds. The molecule has 7 heteroatoms. The van der Waals surface area contributed by atoms with Gasteiger partial charge >= 0.3 is 0 Å². The molecule has 0 radical (unpaired) electrons. The zero-order chi connectivity index (χ0) is 22.2. The van der Waals surface area contributed by atoms with E-state index in [1.165, 1.54) is 10.4 Å². The first-order valence-electron chi connectivity index (χ1n) is 11.2. The van der Waals surface area contributed by atoms with Gasteiger partial charge in [-0.2, -0.15) is 0 Å². The predicted octanol–water partition coefficient (Wildman–Crippen LogP) is 4.76. The maximum Gasteiger partial charge on any atom is 0.262 e. The van der Waals surface area contributed by atoms with Crippen LogP contribution in [-0.4, -0.2) is 32.7 Å². The van der Waals surface area contributed by atoms with Gasteiger partial charge in [0.1, 0.15) is 4.83 Å². The van der Waals surface area contributed by atoms with E-state index in [-0.39, 0.29) is 5.56 Å². The largest absolute Gasteiger partial charge is 0.356 e. The molecule has 3 heterocycles. The van der Waals surface area contributed by atoms with Gasteiger partial charge in [0.2, 0.25) is 0 Å². The van der Waals surface area contributed by atoms with Crippen LogP contribution in [0.1, 0.15) is 36.4 Å². The molecule has 0 saturated carbocycles. The molecule has 1 aliphatic rings. The second kappa shape index (κ2) is 8.64. The molecule has 6 nitrogen and oxygen atoms in total. The summed E-state index contributed by atoms with van der Waals surface area (Å²) in [7, 11) is 2.15. The van der Waals surface area contributed by atoms with Crippen LogP contribution in [0, 0.1) is 5.92 Å². The SMILES string of the molecule is CC(C)Cn1cnc2sc3c(c2c1=O)CCC(N(C)Cc1cc(-c2ccccc2)on1)C3. The van der Waals surface area contributed by atoms with Crippen LogP contribution in [0.4, 0.5) is 0 Å². The molecule has 1 aromatic carbocycles. The number of hydrogen-bond donors (Lipinski definition) is 0. The van der Waals surface area contributed by atoms with Crippen molar-refractivity contribution < 1.29 is 4.52 Å². The third kappa shape index (κ3) is 4.02. The lowest BCUT2D eigenvalue weighted by atomic mass is 9.92. The number of rotatable bonds is 6. The monoisotopic (exact) mass is 448 g/mol. The van der Waals surface area contributed by atoms with Crippen LogP contribution in [-0.2, 0) is 25.9 Å². The van der Waals surface area contributed by atoms with Crippen molar-refractivity contribution in [3.05, 3.63) is 69.2 Å². The van der Waals surface area contributed by atoms with Gasteiger partial charge in [-0.1, -0.05) is 49.3 Å². The lowest BCUT2D eigenvalue weighted by Gasteiger charge is -2.30. The summed E-state index contributed by atoms with van der Waals surface area (Å²) < 4.78 is 7.34. The molecule has 5 rings (SSSR count). The number of hydrogen-bond acceptors (Lipinski definition) is 6. The fourth-order valence-electron chi connectivity index (χ4n) is 4.59. The lowest BCUT2D eigenvalue weighted by molar-refractivity contribution is 0.210.